The van der Waals surface area contributed by atoms with E-state index in [-0.39, 0.29) is 0 Å². The molecule has 0 atom stereocenters. The van der Waals surface area contributed by atoms with E-state index in [4.69, 9.17) is 8.83 Å². The third-order valence-electron chi connectivity index (χ3n) is 12.5. The molecule has 0 spiro atoms. The molecule has 13 aromatic rings. The van der Waals surface area contributed by atoms with Crippen LogP contribution < -0.4 is 4.90 Å². The highest BCUT2D eigenvalue weighted by Crippen LogP contribution is 2.50. The highest BCUT2D eigenvalue weighted by molar-refractivity contribution is 7.26. The normalized spacial score (nSPS) is 11.9. The Morgan fingerprint density at radius 3 is 1.79 bits per heavy atom. The van der Waals surface area contributed by atoms with Gasteiger partial charge < -0.3 is 13.7 Å². The SMILES string of the molecule is c1ccc(-c2ccc(N(c3ccc(-c4cccc5c4oc4ccccc45)cc3)c3cccc4oc5c(-c6cccc7c6sc6ccccc67)c6ccccc6cc5c34)cc2)cc1. The summed E-state index contributed by atoms with van der Waals surface area (Å²) in [5, 5.41) is 9.31. The van der Waals surface area contributed by atoms with Crippen molar-refractivity contribution in [3.8, 4) is 33.4 Å². The van der Waals surface area contributed by atoms with E-state index in [1.54, 1.807) is 0 Å². The highest BCUT2D eigenvalue weighted by atomic mass is 32.1. The number of rotatable bonds is 6. The third kappa shape index (κ3) is 5.37. The molecule has 0 bridgehead atoms. The Labute approximate surface area is 360 Å². The standard InChI is InChI=1S/C58H35NO2S/c1-2-13-36(14-3-1)37-27-31-40(32-28-37)59(41-33-29-38(30-34-41)43-19-10-20-46-44-17-6-8-24-51(44)60-56(43)46)50-23-12-25-52-55(50)49-35-39-15-4-5-16-42(39)54(57(49)61-52)48-22-11-21-47-45-18-7-9-26-53(45)62-58(47)48/h1-35H. The van der Waals surface area contributed by atoms with Gasteiger partial charge in [-0.2, -0.15) is 0 Å². The van der Waals surface area contributed by atoms with Gasteiger partial charge in [0, 0.05) is 64.4 Å². The monoisotopic (exact) mass is 809 g/mol. The molecule has 0 aliphatic rings. The van der Waals surface area contributed by atoms with E-state index < -0.39 is 0 Å². The minimum absolute atomic E-state index is 0.844. The van der Waals surface area contributed by atoms with Crippen LogP contribution in [-0.4, -0.2) is 0 Å². The molecule has 0 unspecified atom stereocenters. The average Bonchev–Trinajstić information content (AvgIpc) is 4.03. The smallest absolute Gasteiger partial charge is 0.144 e. The number of fused-ring (bicyclic) bond motifs is 10. The zero-order valence-electron chi connectivity index (χ0n) is 33.4. The topological polar surface area (TPSA) is 29.5 Å². The lowest BCUT2D eigenvalue weighted by atomic mass is 9.94. The van der Waals surface area contributed by atoms with Gasteiger partial charge in [-0.25, -0.2) is 0 Å². The van der Waals surface area contributed by atoms with Crippen molar-refractivity contribution < 1.29 is 8.83 Å². The van der Waals surface area contributed by atoms with Crippen LogP contribution >= 0.6 is 11.3 Å². The summed E-state index contributed by atoms with van der Waals surface area (Å²) in [4.78, 5) is 2.37. The van der Waals surface area contributed by atoms with Gasteiger partial charge in [-0.3, -0.25) is 0 Å². The van der Waals surface area contributed by atoms with Crippen molar-refractivity contribution in [2.75, 3.05) is 4.90 Å². The molecule has 0 radical (unpaired) electrons. The number of hydrogen-bond acceptors (Lipinski definition) is 4. The zero-order chi connectivity index (χ0) is 40.7. The van der Waals surface area contributed by atoms with Crippen LogP contribution in [0.1, 0.15) is 0 Å². The first-order valence-corrected chi connectivity index (χ1v) is 21.8. The molecule has 0 saturated heterocycles. The molecule has 0 aliphatic heterocycles. The van der Waals surface area contributed by atoms with Gasteiger partial charge in [0.05, 0.1) is 11.1 Å². The molecular weight excluding hydrogens is 775 g/mol. The minimum Gasteiger partial charge on any atom is -0.455 e. The molecule has 0 saturated carbocycles. The third-order valence-corrected chi connectivity index (χ3v) is 13.7. The Morgan fingerprint density at radius 2 is 0.968 bits per heavy atom. The lowest BCUT2D eigenvalue weighted by Gasteiger charge is -2.26. The molecule has 4 heteroatoms. The second kappa shape index (κ2) is 13.8. The van der Waals surface area contributed by atoms with E-state index >= 15 is 0 Å². The predicted octanol–water partition coefficient (Wildman–Crippen LogP) is 17.5. The van der Waals surface area contributed by atoms with Gasteiger partial charge in [-0.1, -0.05) is 158 Å². The van der Waals surface area contributed by atoms with E-state index in [1.165, 1.54) is 47.6 Å². The molecule has 3 aromatic heterocycles. The minimum atomic E-state index is 0.844. The van der Waals surface area contributed by atoms with Crippen molar-refractivity contribution in [3.63, 3.8) is 0 Å². The van der Waals surface area contributed by atoms with Gasteiger partial charge in [0.1, 0.15) is 22.3 Å². The van der Waals surface area contributed by atoms with Gasteiger partial charge >= 0.3 is 0 Å². The molecule has 3 nitrogen and oxygen atoms in total. The lowest BCUT2D eigenvalue weighted by Crippen LogP contribution is -2.10. The quantitative estimate of drug-likeness (QED) is 0.168. The fraction of sp³-hybridized carbons (Fsp3) is 0. The maximum atomic E-state index is 7.12. The highest BCUT2D eigenvalue weighted by Gasteiger charge is 2.24. The van der Waals surface area contributed by atoms with E-state index in [0.29, 0.717) is 0 Å². The fourth-order valence-electron chi connectivity index (χ4n) is 9.63. The summed E-state index contributed by atoms with van der Waals surface area (Å²) < 4.78 is 16.1. The summed E-state index contributed by atoms with van der Waals surface area (Å²) in [5.74, 6) is 0. The Kier molecular flexibility index (Phi) is 7.78. The molecule has 290 valence electrons. The molecule has 0 amide bonds. The zero-order valence-corrected chi connectivity index (χ0v) is 34.2. The van der Waals surface area contributed by atoms with E-state index in [0.717, 1.165) is 77.6 Å². The van der Waals surface area contributed by atoms with Crippen molar-refractivity contribution in [3.05, 3.63) is 212 Å². The molecule has 10 aromatic carbocycles. The van der Waals surface area contributed by atoms with Crippen LogP contribution in [0.4, 0.5) is 17.1 Å². The van der Waals surface area contributed by atoms with Crippen LogP contribution in [0.25, 0.3) is 108 Å². The second-order valence-electron chi connectivity index (χ2n) is 16.0. The van der Waals surface area contributed by atoms with Crippen molar-refractivity contribution in [2.45, 2.75) is 0 Å². The molecule has 0 fully saturated rings. The van der Waals surface area contributed by atoms with Gasteiger partial charge in [-0.05, 0) is 82.1 Å². The molecule has 3 heterocycles. The summed E-state index contributed by atoms with van der Waals surface area (Å²) in [6.07, 6.45) is 0. The molecule has 13 rings (SSSR count). The molecular formula is C58H35NO2S. The molecule has 62 heavy (non-hydrogen) atoms. The van der Waals surface area contributed by atoms with Crippen molar-refractivity contribution >= 4 is 103 Å². The second-order valence-corrected chi connectivity index (χ2v) is 17.0. The number of para-hydroxylation sites is 2. The largest absolute Gasteiger partial charge is 0.455 e. The average molecular weight is 810 g/mol. The Bertz CT molecular complexity index is 3860. The number of nitrogens with zero attached hydrogens (tertiary/aromatic N) is 1. The Hall–Kier alpha value is -7.92. The van der Waals surface area contributed by atoms with Crippen LogP contribution in [0, 0.1) is 0 Å². The first kappa shape index (κ1) is 34.9. The number of anilines is 3. The number of furan rings is 2. The number of benzene rings is 10. The summed E-state index contributed by atoms with van der Waals surface area (Å²) in [7, 11) is 0. The Balaban J connectivity index is 1.04. The van der Waals surface area contributed by atoms with Crippen molar-refractivity contribution in [2.24, 2.45) is 0 Å². The van der Waals surface area contributed by atoms with Gasteiger partial charge in [0.2, 0.25) is 0 Å². The summed E-state index contributed by atoms with van der Waals surface area (Å²) in [6.45, 7) is 0. The molecule has 0 aliphatic carbocycles. The fourth-order valence-corrected chi connectivity index (χ4v) is 10.9. The van der Waals surface area contributed by atoms with E-state index in [9.17, 15) is 0 Å². The van der Waals surface area contributed by atoms with Gasteiger partial charge in [0.15, 0.2) is 0 Å². The van der Waals surface area contributed by atoms with Crippen LogP contribution in [-0.2, 0) is 0 Å². The Morgan fingerprint density at radius 1 is 0.371 bits per heavy atom. The number of hydrogen-bond donors (Lipinski definition) is 0. The summed E-state index contributed by atoms with van der Waals surface area (Å²) >= 11 is 1.85. The van der Waals surface area contributed by atoms with E-state index in [1.807, 2.05) is 23.5 Å². The first-order chi connectivity index (χ1) is 30.7. The van der Waals surface area contributed by atoms with E-state index in [2.05, 4.69) is 205 Å². The summed E-state index contributed by atoms with van der Waals surface area (Å²) in [5.41, 5.74) is 13.5. The number of thiophene rings is 1. The predicted molar refractivity (Wildman–Crippen MR) is 262 cm³/mol. The molecule has 0 N–H and O–H groups in total. The summed E-state index contributed by atoms with van der Waals surface area (Å²) in [6, 6.07) is 76.0. The maximum absolute atomic E-state index is 7.12. The van der Waals surface area contributed by atoms with Gasteiger partial charge in [-0.15, -0.1) is 11.3 Å². The van der Waals surface area contributed by atoms with Crippen LogP contribution in [0.2, 0.25) is 0 Å². The lowest BCUT2D eigenvalue weighted by molar-refractivity contribution is 0.670. The van der Waals surface area contributed by atoms with Crippen LogP contribution in [0.3, 0.4) is 0 Å². The first-order valence-electron chi connectivity index (χ1n) is 21.0. The maximum Gasteiger partial charge on any atom is 0.144 e. The van der Waals surface area contributed by atoms with Crippen molar-refractivity contribution in [1.82, 2.24) is 0 Å². The van der Waals surface area contributed by atoms with Crippen molar-refractivity contribution in [1.29, 1.82) is 0 Å². The van der Waals surface area contributed by atoms with Crippen LogP contribution in [0.5, 0.6) is 0 Å². The van der Waals surface area contributed by atoms with Gasteiger partial charge in [0.25, 0.3) is 0 Å². The van der Waals surface area contributed by atoms with Crippen LogP contribution in [0.15, 0.2) is 221 Å².